The van der Waals surface area contributed by atoms with Crippen LogP contribution in [0.5, 0.6) is 5.75 Å². The van der Waals surface area contributed by atoms with E-state index in [9.17, 15) is 9.90 Å². The van der Waals surface area contributed by atoms with Crippen LogP contribution in [0.3, 0.4) is 0 Å². The zero-order valence-corrected chi connectivity index (χ0v) is 11.3. The number of amides is 1. The van der Waals surface area contributed by atoms with Gasteiger partial charge in [-0.05, 0) is 49.4 Å². The van der Waals surface area contributed by atoms with Crippen LogP contribution in [0.25, 0.3) is 0 Å². The average molecular weight is 298 g/mol. The number of benzene rings is 1. The Bertz CT molecular complexity index is 429. The summed E-state index contributed by atoms with van der Waals surface area (Å²) >= 11 is 3.58. The van der Waals surface area contributed by atoms with Gasteiger partial charge >= 0.3 is 0 Å². The monoisotopic (exact) mass is 297 g/mol. The highest BCUT2D eigenvalue weighted by Crippen LogP contribution is 2.36. The standard InChI is InChI=1S/C13H16BrNO2/c1-8-6-10(16)4-5-11(8)13(17)15-7-12(14)9-2-3-9/h4-6,9,12,16H,2-3,7H2,1H3,(H,15,17). The smallest absolute Gasteiger partial charge is 0.251 e. The predicted molar refractivity (Wildman–Crippen MR) is 70.6 cm³/mol. The van der Waals surface area contributed by atoms with Crippen LogP contribution in [0, 0.1) is 12.8 Å². The molecule has 3 nitrogen and oxygen atoms in total. The molecule has 1 aliphatic carbocycles. The largest absolute Gasteiger partial charge is 0.508 e. The molecule has 1 fully saturated rings. The Morgan fingerprint density at radius 2 is 2.29 bits per heavy atom. The summed E-state index contributed by atoms with van der Waals surface area (Å²) in [5.41, 5.74) is 1.42. The van der Waals surface area contributed by atoms with Crippen LogP contribution in [0.2, 0.25) is 0 Å². The Balaban J connectivity index is 1.94. The van der Waals surface area contributed by atoms with Crippen molar-refractivity contribution in [2.45, 2.75) is 24.6 Å². The van der Waals surface area contributed by atoms with E-state index in [2.05, 4.69) is 21.2 Å². The third-order valence-corrected chi connectivity index (χ3v) is 4.12. The van der Waals surface area contributed by atoms with Crippen LogP contribution in [-0.2, 0) is 0 Å². The van der Waals surface area contributed by atoms with Crippen molar-refractivity contribution in [2.75, 3.05) is 6.54 Å². The van der Waals surface area contributed by atoms with E-state index in [1.54, 1.807) is 12.1 Å². The number of phenolic OH excluding ortho intramolecular Hbond substituents is 1. The number of hydrogen-bond acceptors (Lipinski definition) is 2. The van der Waals surface area contributed by atoms with Crippen molar-refractivity contribution in [1.29, 1.82) is 0 Å². The molecule has 1 atom stereocenters. The number of aryl methyl sites for hydroxylation is 1. The molecule has 1 amide bonds. The Kier molecular flexibility index (Phi) is 3.72. The van der Waals surface area contributed by atoms with Crippen LogP contribution in [0.15, 0.2) is 18.2 Å². The molecule has 2 N–H and O–H groups in total. The van der Waals surface area contributed by atoms with Gasteiger partial charge in [0.15, 0.2) is 0 Å². The summed E-state index contributed by atoms with van der Waals surface area (Å²) < 4.78 is 0. The number of nitrogens with one attached hydrogen (secondary N) is 1. The normalized spacial score (nSPS) is 16.6. The number of rotatable bonds is 4. The fourth-order valence-corrected chi connectivity index (χ4v) is 2.50. The van der Waals surface area contributed by atoms with E-state index in [-0.39, 0.29) is 11.7 Å². The lowest BCUT2D eigenvalue weighted by Crippen LogP contribution is -2.30. The summed E-state index contributed by atoms with van der Waals surface area (Å²) in [5, 5.41) is 12.2. The minimum Gasteiger partial charge on any atom is -0.508 e. The van der Waals surface area contributed by atoms with Gasteiger partial charge in [0.25, 0.3) is 5.91 Å². The van der Waals surface area contributed by atoms with E-state index in [0.29, 0.717) is 16.9 Å². The summed E-state index contributed by atoms with van der Waals surface area (Å²) in [7, 11) is 0. The highest BCUT2D eigenvalue weighted by molar-refractivity contribution is 9.09. The third-order valence-electron chi connectivity index (χ3n) is 3.05. The first-order chi connectivity index (χ1) is 8.08. The van der Waals surface area contributed by atoms with Gasteiger partial charge < -0.3 is 10.4 Å². The maximum atomic E-state index is 11.9. The van der Waals surface area contributed by atoms with Crippen LogP contribution in [0.1, 0.15) is 28.8 Å². The molecular formula is C13H16BrNO2. The highest BCUT2D eigenvalue weighted by atomic mass is 79.9. The maximum Gasteiger partial charge on any atom is 0.251 e. The Morgan fingerprint density at radius 1 is 1.59 bits per heavy atom. The highest BCUT2D eigenvalue weighted by Gasteiger charge is 2.29. The number of aromatic hydroxyl groups is 1. The number of carbonyl (C=O) groups is 1. The van der Waals surface area contributed by atoms with Crippen LogP contribution in [0.4, 0.5) is 0 Å². The van der Waals surface area contributed by atoms with Gasteiger partial charge in [-0.3, -0.25) is 4.79 Å². The molecule has 0 saturated heterocycles. The van der Waals surface area contributed by atoms with Crippen molar-refractivity contribution in [1.82, 2.24) is 5.32 Å². The second-order valence-electron chi connectivity index (χ2n) is 4.56. The number of carbonyl (C=O) groups excluding carboxylic acids is 1. The third kappa shape index (κ3) is 3.22. The van der Waals surface area contributed by atoms with Crippen molar-refractivity contribution in [3.63, 3.8) is 0 Å². The van der Waals surface area contributed by atoms with Gasteiger partial charge in [-0.15, -0.1) is 0 Å². The van der Waals surface area contributed by atoms with Crippen LogP contribution < -0.4 is 5.32 Å². The Morgan fingerprint density at radius 3 is 2.88 bits per heavy atom. The Hall–Kier alpha value is -1.03. The average Bonchev–Trinajstić information content (AvgIpc) is 3.09. The number of halogens is 1. The first-order valence-corrected chi connectivity index (χ1v) is 6.71. The molecular weight excluding hydrogens is 282 g/mol. The minimum atomic E-state index is -0.0763. The molecule has 4 heteroatoms. The topological polar surface area (TPSA) is 49.3 Å². The van der Waals surface area contributed by atoms with E-state index >= 15 is 0 Å². The minimum absolute atomic E-state index is 0.0763. The van der Waals surface area contributed by atoms with Crippen LogP contribution >= 0.6 is 15.9 Å². The molecule has 2 rings (SSSR count). The van der Waals surface area contributed by atoms with Gasteiger partial charge in [0.05, 0.1) is 0 Å². The SMILES string of the molecule is Cc1cc(O)ccc1C(=O)NCC(Br)C1CC1. The van der Waals surface area contributed by atoms with E-state index in [4.69, 9.17) is 0 Å². The van der Waals surface area contributed by atoms with Crippen molar-refractivity contribution < 1.29 is 9.90 Å². The van der Waals surface area contributed by atoms with Gasteiger partial charge in [0.2, 0.25) is 0 Å². The van der Waals surface area contributed by atoms with Crippen molar-refractivity contribution in [3.8, 4) is 5.75 Å². The first kappa shape index (κ1) is 12.4. The lowest BCUT2D eigenvalue weighted by Gasteiger charge is -2.11. The number of phenols is 1. The molecule has 1 aromatic carbocycles. The van der Waals surface area contributed by atoms with Crippen LogP contribution in [-0.4, -0.2) is 22.4 Å². The fourth-order valence-electron chi connectivity index (χ4n) is 1.81. The molecule has 1 unspecified atom stereocenters. The number of hydrogen-bond donors (Lipinski definition) is 2. The fraction of sp³-hybridized carbons (Fsp3) is 0.462. The molecule has 0 heterocycles. The Labute approximate surface area is 109 Å². The second kappa shape index (κ2) is 5.08. The van der Waals surface area contributed by atoms with Crippen molar-refractivity contribution in [2.24, 2.45) is 5.92 Å². The molecule has 0 aromatic heterocycles. The summed E-state index contributed by atoms with van der Waals surface area (Å²) in [6.45, 7) is 2.48. The van der Waals surface area contributed by atoms with Gasteiger partial charge in [-0.1, -0.05) is 15.9 Å². The van der Waals surface area contributed by atoms with Gasteiger partial charge in [-0.25, -0.2) is 0 Å². The number of alkyl halides is 1. The van der Waals surface area contributed by atoms with Gasteiger partial charge in [0, 0.05) is 16.9 Å². The molecule has 0 bridgehead atoms. The molecule has 92 valence electrons. The molecule has 1 aliphatic rings. The van der Waals surface area contributed by atoms with E-state index in [0.717, 1.165) is 11.5 Å². The molecule has 1 saturated carbocycles. The summed E-state index contributed by atoms with van der Waals surface area (Å²) in [6.07, 6.45) is 2.51. The first-order valence-electron chi connectivity index (χ1n) is 5.80. The predicted octanol–water partition coefficient (Wildman–Crippen LogP) is 2.60. The quantitative estimate of drug-likeness (QED) is 0.839. The lowest BCUT2D eigenvalue weighted by molar-refractivity contribution is 0.0953. The van der Waals surface area contributed by atoms with E-state index < -0.39 is 0 Å². The van der Waals surface area contributed by atoms with Gasteiger partial charge in [0.1, 0.15) is 5.75 Å². The molecule has 0 aliphatic heterocycles. The molecule has 0 radical (unpaired) electrons. The molecule has 17 heavy (non-hydrogen) atoms. The molecule has 1 aromatic rings. The zero-order valence-electron chi connectivity index (χ0n) is 9.74. The summed E-state index contributed by atoms with van der Waals surface area (Å²) in [6, 6.07) is 4.79. The van der Waals surface area contributed by atoms with E-state index in [1.807, 2.05) is 6.92 Å². The van der Waals surface area contributed by atoms with Crippen molar-refractivity contribution in [3.05, 3.63) is 29.3 Å². The maximum absolute atomic E-state index is 11.9. The second-order valence-corrected chi connectivity index (χ2v) is 5.74. The van der Waals surface area contributed by atoms with Crippen molar-refractivity contribution >= 4 is 21.8 Å². The zero-order chi connectivity index (χ0) is 12.4. The summed E-state index contributed by atoms with van der Waals surface area (Å²) in [4.78, 5) is 12.3. The van der Waals surface area contributed by atoms with Gasteiger partial charge in [-0.2, -0.15) is 0 Å². The lowest BCUT2D eigenvalue weighted by atomic mass is 10.1. The summed E-state index contributed by atoms with van der Waals surface area (Å²) in [5.74, 6) is 0.833. The van der Waals surface area contributed by atoms with E-state index in [1.165, 1.54) is 18.9 Å². The molecule has 0 spiro atoms.